The zero-order valence-electron chi connectivity index (χ0n) is 21.5. The average molecular weight is 540 g/mol. The Kier molecular flexibility index (Phi) is 9.63. The molecule has 0 saturated carbocycles. The van der Waals surface area contributed by atoms with Crippen molar-refractivity contribution < 1.29 is 19.1 Å². The van der Waals surface area contributed by atoms with Gasteiger partial charge < -0.3 is 19.7 Å². The first-order valence-electron chi connectivity index (χ1n) is 12.5. The van der Waals surface area contributed by atoms with Crippen LogP contribution in [0.25, 0.3) is 0 Å². The van der Waals surface area contributed by atoms with Crippen LogP contribution in [0.4, 0.5) is 11.4 Å². The van der Waals surface area contributed by atoms with Gasteiger partial charge in [-0.3, -0.25) is 14.9 Å². The summed E-state index contributed by atoms with van der Waals surface area (Å²) in [6.45, 7) is 2.99. The van der Waals surface area contributed by atoms with Crippen LogP contribution >= 0.6 is 12.2 Å². The fourth-order valence-electron chi connectivity index (χ4n) is 3.91. The Morgan fingerprint density at radius 1 is 0.744 bits per heavy atom. The van der Waals surface area contributed by atoms with E-state index in [-0.39, 0.29) is 17.6 Å². The number of anilines is 2. The lowest BCUT2D eigenvalue weighted by Gasteiger charge is -2.23. The number of nitrogens with zero attached hydrogens (tertiary/aromatic N) is 1. The summed E-state index contributed by atoms with van der Waals surface area (Å²) in [5, 5.41) is 5.75. The number of hydrogen-bond acceptors (Lipinski definition) is 5. The number of hydrogen-bond donors (Lipinski definition) is 2. The quantitative estimate of drug-likeness (QED) is 0.192. The van der Waals surface area contributed by atoms with Gasteiger partial charge in [0.05, 0.1) is 16.8 Å². The number of amides is 2. The maximum absolute atomic E-state index is 13.4. The predicted octanol–water partition coefficient (Wildman–Crippen LogP) is 5.94. The number of ether oxygens (including phenoxy) is 2. The predicted molar refractivity (Wildman–Crippen MR) is 158 cm³/mol. The summed E-state index contributed by atoms with van der Waals surface area (Å²) in [7, 11) is 0. The second kappa shape index (κ2) is 13.7. The average Bonchev–Trinajstić information content (AvgIpc) is 2.97. The molecular weight excluding hydrogens is 510 g/mol. The van der Waals surface area contributed by atoms with E-state index in [1.807, 2.05) is 67.6 Å². The van der Waals surface area contributed by atoms with Crippen molar-refractivity contribution in [1.29, 1.82) is 0 Å². The molecule has 0 fully saturated rings. The van der Waals surface area contributed by atoms with E-state index in [1.54, 1.807) is 53.4 Å². The van der Waals surface area contributed by atoms with E-state index in [0.29, 0.717) is 35.7 Å². The molecule has 39 heavy (non-hydrogen) atoms. The Labute approximate surface area is 233 Å². The van der Waals surface area contributed by atoms with Crippen LogP contribution in [0.15, 0.2) is 109 Å². The van der Waals surface area contributed by atoms with Gasteiger partial charge in [-0.25, -0.2) is 0 Å². The summed E-state index contributed by atoms with van der Waals surface area (Å²) in [4.78, 5) is 28.1. The largest absolute Gasteiger partial charge is 0.490 e. The molecule has 0 spiro atoms. The summed E-state index contributed by atoms with van der Waals surface area (Å²) in [6, 6.07) is 32.8. The van der Waals surface area contributed by atoms with E-state index in [2.05, 4.69) is 10.6 Å². The Bertz CT molecular complexity index is 1410. The number of thiocarbonyl (C=S) groups is 1. The lowest BCUT2D eigenvalue weighted by Crippen LogP contribution is -2.36. The molecule has 198 valence electrons. The summed E-state index contributed by atoms with van der Waals surface area (Å²) in [6.07, 6.45) is 0. The number of benzene rings is 4. The highest BCUT2D eigenvalue weighted by molar-refractivity contribution is 7.80. The minimum absolute atomic E-state index is 0.0604. The van der Waals surface area contributed by atoms with Crippen LogP contribution in [0.1, 0.15) is 27.6 Å². The van der Waals surface area contributed by atoms with Gasteiger partial charge in [-0.1, -0.05) is 60.7 Å². The van der Waals surface area contributed by atoms with Crippen molar-refractivity contribution in [3.8, 4) is 11.5 Å². The normalized spacial score (nSPS) is 10.3. The van der Waals surface area contributed by atoms with Gasteiger partial charge in [0.1, 0.15) is 24.7 Å². The molecule has 7 nitrogen and oxygen atoms in total. The minimum Gasteiger partial charge on any atom is -0.490 e. The number of carbonyl (C=O) groups is 2. The van der Waals surface area contributed by atoms with Gasteiger partial charge in [-0.05, 0) is 67.7 Å². The lowest BCUT2D eigenvalue weighted by molar-refractivity contribution is 0.0969. The SMILES string of the molecule is CCN(C(=O)c1ccccc1NC(=S)NC(=O)c1ccccc1OCCOc1ccccc1)c1ccccc1. The van der Waals surface area contributed by atoms with E-state index >= 15 is 0 Å². The zero-order chi connectivity index (χ0) is 27.5. The molecule has 8 heteroatoms. The molecular formula is C31H29N3O4S. The molecule has 2 amide bonds. The fraction of sp³-hybridized carbons (Fsp3) is 0.129. The Morgan fingerprint density at radius 3 is 2.05 bits per heavy atom. The lowest BCUT2D eigenvalue weighted by atomic mass is 10.1. The molecule has 0 heterocycles. The maximum atomic E-state index is 13.4. The molecule has 4 aromatic rings. The molecule has 0 saturated heterocycles. The third-order valence-corrected chi connectivity index (χ3v) is 5.95. The van der Waals surface area contributed by atoms with E-state index in [4.69, 9.17) is 21.7 Å². The minimum atomic E-state index is -0.435. The molecule has 4 rings (SSSR count). The van der Waals surface area contributed by atoms with Crippen molar-refractivity contribution in [3.05, 3.63) is 120 Å². The van der Waals surface area contributed by atoms with Crippen molar-refractivity contribution in [3.63, 3.8) is 0 Å². The standard InChI is InChI=1S/C31H29N3O4S/c1-2-34(23-13-5-3-6-14-23)30(36)25-17-9-11-19-27(25)32-31(39)33-29(35)26-18-10-12-20-28(26)38-22-21-37-24-15-7-4-8-16-24/h3-20H,2,21-22H2,1H3,(H2,32,33,35,39). The van der Waals surface area contributed by atoms with Crippen LogP contribution in [0.2, 0.25) is 0 Å². The van der Waals surface area contributed by atoms with E-state index in [9.17, 15) is 9.59 Å². The maximum Gasteiger partial charge on any atom is 0.261 e. The van der Waals surface area contributed by atoms with Gasteiger partial charge in [0, 0.05) is 12.2 Å². The number of nitrogens with one attached hydrogen (secondary N) is 2. The molecule has 0 aliphatic carbocycles. The first-order chi connectivity index (χ1) is 19.1. The van der Waals surface area contributed by atoms with Crippen molar-refractivity contribution in [2.45, 2.75) is 6.92 Å². The molecule has 4 aromatic carbocycles. The summed E-state index contributed by atoms with van der Waals surface area (Å²) in [5.41, 5.74) is 2.04. The van der Waals surface area contributed by atoms with Gasteiger partial charge in [-0.2, -0.15) is 0 Å². The smallest absolute Gasteiger partial charge is 0.261 e. The second-order valence-electron chi connectivity index (χ2n) is 8.34. The van der Waals surface area contributed by atoms with Crippen LogP contribution < -0.4 is 25.0 Å². The van der Waals surface area contributed by atoms with Gasteiger partial charge in [0.2, 0.25) is 0 Å². The molecule has 0 aliphatic rings. The molecule has 0 unspecified atom stereocenters. The van der Waals surface area contributed by atoms with Crippen molar-refractivity contribution in [1.82, 2.24) is 5.32 Å². The fourth-order valence-corrected chi connectivity index (χ4v) is 4.11. The molecule has 0 atom stereocenters. The number of rotatable bonds is 10. The zero-order valence-corrected chi connectivity index (χ0v) is 22.3. The van der Waals surface area contributed by atoms with Gasteiger partial charge in [0.25, 0.3) is 11.8 Å². The first kappa shape index (κ1) is 27.3. The van der Waals surface area contributed by atoms with Crippen LogP contribution in [0.3, 0.4) is 0 Å². The molecule has 0 aliphatic heterocycles. The molecule has 0 aromatic heterocycles. The highest BCUT2D eigenvalue weighted by Gasteiger charge is 2.20. The monoisotopic (exact) mass is 539 g/mol. The van der Waals surface area contributed by atoms with Crippen molar-refractivity contribution in [2.24, 2.45) is 0 Å². The van der Waals surface area contributed by atoms with Gasteiger partial charge >= 0.3 is 0 Å². The van der Waals surface area contributed by atoms with E-state index < -0.39 is 5.91 Å². The summed E-state index contributed by atoms with van der Waals surface area (Å²) >= 11 is 5.42. The Morgan fingerprint density at radius 2 is 1.33 bits per heavy atom. The second-order valence-corrected chi connectivity index (χ2v) is 8.75. The van der Waals surface area contributed by atoms with Crippen molar-refractivity contribution in [2.75, 3.05) is 30.0 Å². The van der Waals surface area contributed by atoms with Crippen molar-refractivity contribution >= 4 is 40.5 Å². The van der Waals surface area contributed by atoms with Gasteiger partial charge in [-0.15, -0.1) is 0 Å². The summed E-state index contributed by atoms with van der Waals surface area (Å²) in [5.74, 6) is 0.535. The highest BCUT2D eigenvalue weighted by atomic mass is 32.1. The van der Waals surface area contributed by atoms with E-state index in [1.165, 1.54) is 0 Å². The topological polar surface area (TPSA) is 79.9 Å². The van der Waals surface area contributed by atoms with Crippen LogP contribution in [0.5, 0.6) is 11.5 Å². The summed E-state index contributed by atoms with van der Waals surface area (Å²) < 4.78 is 11.5. The van der Waals surface area contributed by atoms with Gasteiger partial charge in [0.15, 0.2) is 5.11 Å². The third-order valence-electron chi connectivity index (χ3n) is 5.75. The number of para-hydroxylation sites is 4. The highest BCUT2D eigenvalue weighted by Crippen LogP contribution is 2.22. The third kappa shape index (κ3) is 7.43. The van der Waals surface area contributed by atoms with E-state index in [0.717, 1.165) is 11.4 Å². The Hall–Kier alpha value is -4.69. The Balaban J connectivity index is 1.39. The molecule has 0 radical (unpaired) electrons. The first-order valence-corrected chi connectivity index (χ1v) is 13.0. The number of carbonyl (C=O) groups excluding carboxylic acids is 2. The van der Waals surface area contributed by atoms with Crippen LogP contribution in [-0.4, -0.2) is 36.7 Å². The molecule has 0 bridgehead atoms. The molecule has 2 N–H and O–H groups in total. The van der Waals surface area contributed by atoms with Crippen LogP contribution in [-0.2, 0) is 0 Å². The van der Waals surface area contributed by atoms with Crippen LogP contribution in [0, 0.1) is 0 Å².